The molecule has 128 valence electrons. The van der Waals surface area contributed by atoms with Gasteiger partial charge in [0.05, 0.1) is 11.3 Å². The second-order valence-corrected chi connectivity index (χ2v) is 6.92. The fraction of sp³-hybridized carbons (Fsp3) is 0. The van der Waals surface area contributed by atoms with Crippen LogP contribution in [-0.2, 0) is 0 Å². The summed E-state index contributed by atoms with van der Waals surface area (Å²) in [6.07, 6.45) is 1.89. The molecule has 0 bridgehead atoms. The number of benzene rings is 3. The molecule has 4 aromatic rings. The number of rotatable bonds is 4. The number of allylic oxidation sites excluding steroid dienone is 1. The molecule has 1 heterocycles. The molecule has 0 aliphatic heterocycles. The normalized spacial score (nSPS) is 11.1. The Morgan fingerprint density at radius 3 is 2.00 bits per heavy atom. The number of hydrogen-bond acceptors (Lipinski definition) is 3. The Hall–Kier alpha value is -3.48. The van der Waals surface area contributed by atoms with Crippen molar-refractivity contribution in [3.05, 3.63) is 101 Å². The van der Waals surface area contributed by atoms with Crippen LogP contribution in [0, 0.1) is 11.3 Å². The average Bonchev–Trinajstić information content (AvgIpc) is 3.24. The average molecular weight is 364 g/mol. The third kappa shape index (κ3) is 3.87. The fourth-order valence-corrected chi connectivity index (χ4v) is 3.64. The molecule has 0 atom stereocenters. The molecule has 1 aromatic heterocycles. The lowest BCUT2D eigenvalue weighted by Gasteiger charge is -2.02. The molecule has 0 spiro atoms. The van der Waals surface area contributed by atoms with Gasteiger partial charge >= 0.3 is 0 Å². The van der Waals surface area contributed by atoms with E-state index in [4.69, 9.17) is 0 Å². The smallest absolute Gasteiger partial charge is 0.134 e. The van der Waals surface area contributed by atoms with Gasteiger partial charge in [-0.3, -0.25) is 0 Å². The van der Waals surface area contributed by atoms with Crippen LogP contribution in [0.3, 0.4) is 0 Å². The summed E-state index contributed by atoms with van der Waals surface area (Å²) in [4.78, 5) is 4.64. The van der Waals surface area contributed by atoms with E-state index in [9.17, 15) is 5.26 Å². The zero-order valence-corrected chi connectivity index (χ0v) is 15.4. The first-order valence-corrected chi connectivity index (χ1v) is 9.50. The number of hydrogen-bond donors (Lipinski definition) is 0. The Morgan fingerprint density at radius 1 is 0.778 bits per heavy atom. The minimum atomic E-state index is 0.578. The molecule has 3 heteroatoms. The van der Waals surface area contributed by atoms with E-state index in [1.165, 1.54) is 16.9 Å². The lowest BCUT2D eigenvalue weighted by Crippen LogP contribution is -1.83. The van der Waals surface area contributed by atoms with Crippen molar-refractivity contribution in [2.75, 3.05) is 0 Å². The van der Waals surface area contributed by atoms with Gasteiger partial charge < -0.3 is 0 Å². The van der Waals surface area contributed by atoms with Gasteiger partial charge in [-0.15, -0.1) is 11.3 Å². The molecule has 0 fully saturated rings. The molecule has 0 N–H and O–H groups in total. The molecular formula is C24H16N2S. The fourth-order valence-electron chi connectivity index (χ4n) is 2.85. The van der Waals surface area contributed by atoms with E-state index in [1.54, 1.807) is 0 Å². The van der Waals surface area contributed by atoms with Crippen LogP contribution in [-0.4, -0.2) is 4.98 Å². The Balaban J connectivity index is 1.61. The lowest BCUT2D eigenvalue weighted by atomic mass is 10.0. The second kappa shape index (κ2) is 7.82. The van der Waals surface area contributed by atoms with Gasteiger partial charge in [0.1, 0.15) is 11.1 Å². The molecule has 3 aromatic carbocycles. The largest absolute Gasteiger partial charge is 0.235 e. The van der Waals surface area contributed by atoms with Crippen LogP contribution in [0.15, 0.2) is 90.3 Å². The molecule has 0 amide bonds. The summed E-state index contributed by atoms with van der Waals surface area (Å²) in [7, 11) is 0. The summed E-state index contributed by atoms with van der Waals surface area (Å²) in [5, 5.41) is 12.3. The molecule has 2 nitrogen and oxygen atoms in total. The quantitative estimate of drug-likeness (QED) is 0.385. The van der Waals surface area contributed by atoms with Crippen LogP contribution in [0.2, 0.25) is 0 Å². The highest BCUT2D eigenvalue weighted by atomic mass is 32.1. The van der Waals surface area contributed by atoms with Gasteiger partial charge in [0.15, 0.2) is 0 Å². The predicted octanol–water partition coefficient (Wildman–Crippen LogP) is 6.54. The third-order valence-electron chi connectivity index (χ3n) is 4.25. The number of aromatic nitrogens is 1. The lowest BCUT2D eigenvalue weighted by molar-refractivity contribution is 1.37. The molecule has 0 aliphatic carbocycles. The summed E-state index contributed by atoms with van der Waals surface area (Å²) in [5.41, 5.74) is 5.87. The molecule has 27 heavy (non-hydrogen) atoms. The summed E-state index contributed by atoms with van der Waals surface area (Å²) < 4.78 is 0. The van der Waals surface area contributed by atoms with Crippen LogP contribution in [0.4, 0.5) is 0 Å². The maximum Gasteiger partial charge on any atom is 0.134 e. The Labute approximate surface area is 162 Å². The van der Waals surface area contributed by atoms with E-state index < -0.39 is 0 Å². The summed E-state index contributed by atoms with van der Waals surface area (Å²) in [6.45, 7) is 0. The van der Waals surface area contributed by atoms with E-state index in [1.807, 2.05) is 72.1 Å². The van der Waals surface area contributed by atoms with Gasteiger partial charge in [-0.25, -0.2) is 4.98 Å². The molecule has 0 saturated heterocycles. The summed E-state index contributed by atoms with van der Waals surface area (Å²) in [6, 6.07) is 30.8. The number of nitrogens with zero attached hydrogens (tertiary/aromatic N) is 2. The monoisotopic (exact) mass is 364 g/mol. The summed E-state index contributed by atoms with van der Waals surface area (Å²) >= 11 is 1.49. The zero-order chi connectivity index (χ0) is 18.5. The topological polar surface area (TPSA) is 36.7 Å². The van der Waals surface area contributed by atoms with Crippen molar-refractivity contribution in [3.63, 3.8) is 0 Å². The molecule has 0 radical (unpaired) electrons. The van der Waals surface area contributed by atoms with Crippen molar-refractivity contribution in [2.45, 2.75) is 0 Å². The Morgan fingerprint density at radius 2 is 1.37 bits per heavy atom. The van der Waals surface area contributed by atoms with Gasteiger partial charge in [-0.1, -0.05) is 84.9 Å². The molecule has 4 rings (SSSR count). The van der Waals surface area contributed by atoms with E-state index in [2.05, 4.69) is 35.3 Å². The van der Waals surface area contributed by atoms with Gasteiger partial charge in [0, 0.05) is 10.9 Å². The van der Waals surface area contributed by atoms with Crippen LogP contribution >= 0.6 is 11.3 Å². The summed E-state index contributed by atoms with van der Waals surface area (Å²) in [5.74, 6) is 0. The van der Waals surface area contributed by atoms with Crippen molar-refractivity contribution < 1.29 is 0 Å². The van der Waals surface area contributed by atoms with Crippen molar-refractivity contribution in [1.82, 2.24) is 4.98 Å². The van der Waals surface area contributed by atoms with Gasteiger partial charge in [-0.05, 0) is 22.8 Å². The van der Waals surface area contributed by atoms with Crippen molar-refractivity contribution in [3.8, 4) is 28.5 Å². The van der Waals surface area contributed by atoms with Gasteiger partial charge in [0.25, 0.3) is 0 Å². The number of thiazole rings is 1. The van der Waals surface area contributed by atoms with E-state index in [0.29, 0.717) is 5.57 Å². The first-order chi connectivity index (χ1) is 13.3. The van der Waals surface area contributed by atoms with Crippen molar-refractivity contribution in [2.24, 2.45) is 0 Å². The minimum Gasteiger partial charge on any atom is -0.235 e. The van der Waals surface area contributed by atoms with Gasteiger partial charge in [0.2, 0.25) is 0 Å². The predicted molar refractivity (Wildman–Crippen MR) is 113 cm³/mol. The first-order valence-electron chi connectivity index (χ1n) is 8.62. The Kier molecular flexibility index (Phi) is 4.91. The maximum absolute atomic E-state index is 9.60. The SMILES string of the molecule is N#CC(=Cc1ccc(-c2ccccc2)cc1)c1nc(-c2ccccc2)cs1. The molecule has 0 aliphatic rings. The van der Waals surface area contributed by atoms with Gasteiger partial charge in [-0.2, -0.15) is 5.26 Å². The molecule has 0 unspecified atom stereocenters. The maximum atomic E-state index is 9.60. The molecule has 0 saturated carbocycles. The highest BCUT2D eigenvalue weighted by molar-refractivity contribution is 7.11. The van der Waals surface area contributed by atoms with E-state index >= 15 is 0 Å². The standard InChI is InChI=1S/C24H16N2S/c25-16-22(24-26-23(17-27-24)21-9-5-2-6-10-21)15-18-11-13-20(14-12-18)19-7-3-1-4-8-19/h1-15,17H. The Bertz CT molecular complexity index is 1100. The van der Waals surface area contributed by atoms with E-state index in [0.717, 1.165) is 27.4 Å². The third-order valence-corrected chi connectivity index (χ3v) is 5.13. The minimum absolute atomic E-state index is 0.578. The highest BCUT2D eigenvalue weighted by Crippen LogP contribution is 2.27. The van der Waals surface area contributed by atoms with E-state index in [-0.39, 0.29) is 0 Å². The van der Waals surface area contributed by atoms with Crippen molar-refractivity contribution >= 4 is 23.0 Å². The zero-order valence-electron chi connectivity index (χ0n) is 14.5. The van der Waals surface area contributed by atoms with Crippen molar-refractivity contribution in [1.29, 1.82) is 5.26 Å². The van der Waals surface area contributed by atoms with Crippen LogP contribution in [0.1, 0.15) is 10.6 Å². The van der Waals surface area contributed by atoms with Crippen LogP contribution in [0.5, 0.6) is 0 Å². The van der Waals surface area contributed by atoms with Crippen LogP contribution in [0.25, 0.3) is 34.0 Å². The highest BCUT2D eigenvalue weighted by Gasteiger charge is 2.09. The first kappa shape index (κ1) is 17.0. The molecular weight excluding hydrogens is 348 g/mol. The number of nitriles is 1. The van der Waals surface area contributed by atoms with Crippen LogP contribution < -0.4 is 0 Å². The second-order valence-electron chi connectivity index (χ2n) is 6.06.